The molecule has 4 N–H and O–H groups in total. The number of hydrogen-bond donors (Lipinski definition) is 4. The van der Waals surface area contributed by atoms with Crippen LogP contribution in [0.25, 0.3) is 0 Å². The third-order valence-corrected chi connectivity index (χ3v) is 5.62. The van der Waals surface area contributed by atoms with Crippen molar-refractivity contribution in [3.63, 3.8) is 0 Å². The molecule has 0 aliphatic heterocycles. The monoisotopic (exact) mass is 531 g/mol. The molecule has 0 aliphatic rings. The smallest absolute Gasteiger partial charge is 0.328 e. The van der Waals surface area contributed by atoms with Gasteiger partial charge in [0.15, 0.2) is 0 Å². The van der Waals surface area contributed by atoms with Crippen molar-refractivity contribution in [3.8, 4) is 0 Å². The fraction of sp³-hybridized carbons (Fsp3) is 0.786. The first-order chi connectivity index (χ1) is 17.6. The fourth-order valence-electron chi connectivity index (χ4n) is 3.43. The Hall–Kier alpha value is -2.42. The highest BCUT2D eigenvalue weighted by atomic mass is 16.4. The molecular weight excluding hydrogens is 478 g/mol. The zero-order valence-corrected chi connectivity index (χ0v) is 23.5. The molecule has 0 saturated heterocycles. The van der Waals surface area contributed by atoms with Crippen LogP contribution in [0.15, 0.2) is 12.2 Å². The number of aliphatic carboxylic acids is 4. The second-order valence-corrected chi connectivity index (χ2v) is 8.96. The summed E-state index contributed by atoms with van der Waals surface area (Å²) in [6.07, 6.45) is 21.3. The number of carboxylic acids is 4. The minimum absolute atomic E-state index is 0.160. The van der Waals surface area contributed by atoms with Crippen molar-refractivity contribution in [2.45, 2.75) is 124 Å². The van der Waals surface area contributed by atoms with E-state index >= 15 is 0 Å². The number of nitrogens with zero attached hydrogens (tertiary/aromatic N) is 1. The van der Waals surface area contributed by atoms with E-state index in [2.05, 4.69) is 6.92 Å². The normalized spacial score (nSPS) is 10.4. The van der Waals surface area contributed by atoms with Crippen LogP contribution in [0.1, 0.15) is 124 Å². The van der Waals surface area contributed by atoms with Gasteiger partial charge in [0.25, 0.3) is 0 Å². The first-order valence-corrected chi connectivity index (χ1v) is 13.9. The highest BCUT2D eigenvalue weighted by molar-refractivity contribution is 5.89. The molecule has 0 aromatic rings. The van der Waals surface area contributed by atoms with Crippen molar-refractivity contribution in [3.05, 3.63) is 12.2 Å². The Morgan fingerprint density at radius 2 is 0.838 bits per heavy atom. The molecule has 0 rings (SSSR count). The predicted octanol–water partition coefficient (Wildman–Crippen LogP) is 6.46. The summed E-state index contributed by atoms with van der Waals surface area (Å²) in [6, 6.07) is 0. The predicted molar refractivity (Wildman–Crippen MR) is 147 cm³/mol. The van der Waals surface area contributed by atoms with Crippen LogP contribution in [0.3, 0.4) is 0 Å². The quantitative estimate of drug-likeness (QED) is 0.0910. The summed E-state index contributed by atoms with van der Waals surface area (Å²) < 4.78 is 0. The van der Waals surface area contributed by atoms with Gasteiger partial charge < -0.3 is 20.4 Å². The van der Waals surface area contributed by atoms with E-state index in [0.717, 1.165) is 25.9 Å². The largest absolute Gasteiger partial charge is 0.481 e. The van der Waals surface area contributed by atoms with Gasteiger partial charge in [-0.1, -0.05) is 111 Å². The Bertz CT molecular complexity index is 573. The second-order valence-electron chi connectivity index (χ2n) is 8.96. The average molecular weight is 532 g/mol. The minimum Gasteiger partial charge on any atom is -0.481 e. The molecule has 0 bridgehead atoms. The lowest BCUT2D eigenvalue weighted by Gasteiger charge is -2.13. The van der Waals surface area contributed by atoms with E-state index in [1.165, 1.54) is 83.5 Å². The van der Waals surface area contributed by atoms with E-state index in [0.29, 0.717) is 18.6 Å². The Labute approximate surface area is 223 Å². The SMILES string of the molecule is CCCCCCCCCCCCCCCCCC(=O)O.CCN(CC)CC(=O)O.O=C(O)/C=C/C(=O)O. The maximum atomic E-state index is 10.3. The lowest BCUT2D eigenvalue weighted by molar-refractivity contribution is -0.138. The molecule has 9 heteroatoms. The third kappa shape index (κ3) is 44.0. The van der Waals surface area contributed by atoms with Gasteiger partial charge in [0.2, 0.25) is 0 Å². The van der Waals surface area contributed by atoms with Gasteiger partial charge in [0.1, 0.15) is 0 Å². The minimum atomic E-state index is -1.26. The molecule has 218 valence electrons. The number of unbranched alkanes of at least 4 members (excludes halogenated alkanes) is 14. The highest BCUT2D eigenvalue weighted by Crippen LogP contribution is 2.13. The van der Waals surface area contributed by atoms with Gasteiger partial charge in [0.05, 0.1) is 6.54 Å². The molecule has 0 unspecified atom stereocenters. The molecule has 0 aromatic carbocycles. The van der Waals surface area contributed by atoms with Gasteiger partial charge in [-0.25, -0.2) is 9.59 Å². The number of likely N-dealkylation sites (N-methyl/N-ethyl adjacent to an activating group) is 1. The lowest BCUT2D eigenvalue weighted by atomic mass is 10.0. The molecule has 0 heterocycles. The van der Waals surface area contributed by atoms with Crippen LogP contribution in [0.4, 0.5) is 0 Å². The van der Waals surface area contributed by atoms with Gasteiger partial charge >= 0.3 is 23.9 Å². The lowest BCUT2D eigenvalue weighted by Crippen LogP contribution is -2.29. The first kappa shape index (κ1) is 39.1. The molecule has 9 nitrogen and oxygen atoms in total. The number of carbonyl (C=O) groups is 4. The van der Waals surface area contributed by atoms with Gasteiger partial charge in [-0.3, -0.25) is 14.5 Å². The van der Waals surface area contributed by atoms with E-state index < -0.39 is 23.9 Å². The molecule has 0 saturated carbocycles. The van der Waals surface area contributed by atoms with Gasteiger partial charge in [-0.05, 0) is 19.5 Å². The molecule has 0 amide bonds. The molecule has 0 spiro atoms. The summed E-state index contributed by atoms with van der Waals surface area (Å²) in [5.74, 6) is -3.92. The standard InChI is InChI=1S/C18H36O2.C6H13NO2.C4H4O4/c1-2-3-4-5-6-7-8-9-10-11-12-13-14-15-16-17-18(19)20;1-3-7(4-2)5-6(8)9;5-3(6)1-2-4(7)8/h2-17H2,1H3,(H,19,20);3-5H2,1-2H3,(H,8,9);1-2H,(H,5,6)(H,7,8)/b;;2-1+. The summed E-state index contributed by atoms with van der Waals surface area (Å²) in [6.45, 7) is 7.95. The van der Waals surface area contributed by atoms with E-state index in [4.69, 9.17) is 20.4 Å². The van der Waals surface area contributed by atoms with Crippen molar-refractivity contribution in [1.82, 2.24) is 4.90 Å². The van der Waals surface area contributed by atoms with Crippen molar-refractivity contribution in [2.24, 2.45) is 0 Å². The van der Waals surface area contributed by atoms with Gasteiger partial charge in [0, 0.05) is 18.6 Å². The Morgan fingerprint density at radius 1 is 0.514 bits per heavy atom. The zero-order chi connectivity index (χ0) is 28.7. The number of hydrogen-bond acceptors (Lipinski definition) is 5. The highest BCUT2D eigenvalue weighted by Gasteiger charge is 2.02. The second kappa shape index (κ2) is 31.6. The van der Waals surface area contributed by atoms with Gasteiger partial charge in [-0.15, -0.1) is 0 Å². The summed E-state index contributed by atoms with van der Waals surface area (Å²) in [5.41, 5.74) is 0. The molecular formula is C28H53NO8. The Balaban J connectivity index is -0.000000559. The van der Waals surface area contributed by atoms with E-state index in [-0.39, 0.29) is 6.54 Å². The maximum Gasteiger partial charge on any atom is 0.328 e. The summed E-state index contributed by atoms with van der Waals surface area (Å²) >= 11 is 0. The van der Waals surface area contributed by atoms with Crippen LogP contribution in [0.2, 0.25) is 0 Å². The van der Waals surface area contributed by atoms with Crippen LogP contribution >= 0.6 is 0 Å². The number of rotatable bonds is 22. The van der Waals surface area contributed by atoms with Crippen LogP contribution in [0, 0.1) is 0 Å². The molecule has 0 fully saturated rings. The summed E-state index contributed by atoms with van der Waals surface area (Å²) in [4.78, 5) is 41.4. The van der Waals surface area contributed by atoms with Crippen molar-refractivity contribution in [2.75, 3.05) is 19.6 Å². The van der Waals surface area contributed by atoms with E-state index in [9.17, 15) is 19.2 Å². The van der Waals surface area contributed by atoms with Crippen LogP contribution < -0.4 is 0 Å². The summed E-state index contributed by atoms with van der Waals surface area (Å²) in [5, 5.41) is 32.4. The molecule has 0 aromatic heterocycles. The number of carboxylic acid groups (broad SMARTS) is 4. The Kier molecular flexibility index (Phi) is 33.4. The average Bonchev–Trinajstić information content (AvgIpc) is 2.84. The molecule has 0 atom stereocenters. The fourth-order valence-corrected chi connectivity index (χ4v) is 3.43. The van der Waals surface area contributed by atoms with Crippen LogP contribution in [-0.4, -0.2) is 68.8 Å². The third-order valence-electron chi connectivity index (χ3n) is 5.62. The van der Waals surface area contributed by atoms with E-state index in [1.807, 2.05) is 18.7 Å². The maximum absolute atomic E-state index is 10.3. The van der Waals surface area contributed by atoms with Crippen molar-refractivity contribution in [1.29, 1.82) is 0 Å². The zero-order valence-electron chi connectivity index (χ0n) is 23.5. The first-order valence-electron chi connectivity index (χ1n) is 13.9. The molecule has 0 aliphatic carbocycles. The Morgan fingerprint density at radius 3 is 1.05 bits per heavy atom. The van der Waals surface area contributed by atoms with Crippen LogP contribution in [0.5, 0.6) is 0 Å². The topological polar surface area (TPSA) is 152 Å². The molecule has 0 radical (unpaired) electrons. The van der Waals surface area contributed by atoms with Crippen molar-refractivity contribution < 1.29 is 39.6 Å². The van der Waals surface area contributed by atoms with Gasteiger partial charge in [-0.2, -0.15) is 0 Å². The van der Waals surface area contributed by atoms with Crippen molar-refractivity contribution >= 4 is 23.9 Å². The van der Waals surface area contributed by atoms with Crippen LogP contribution in [-0.2, 0) is 19.2 Å². The molecule has 37 heavy (non-hydrogen) atoms. The van der Waals surface area contributed by atoms with E-state index in [1.54, 1.807) is 0 Å². The summed E-state index contributed by atoms with van der Waals surface area (Å²) in [7, 11) is 0.